The SMILES string of the molecule is O=C(O)[C@@H](F)S(=O)(=O)O. The van der Waals surface area contributed by atoms with Crippen LogP contribution in [-0.4, -0.2) is 29.6 Å². The van der Waals surface area contributed by atoms with E-state index in [4.69, 9.17) is 9.66 Å². The third kappa shape index (κ3) is 2.38. The van der Waals surface area contributed by atoms with Crippen molar-refractivity contribution in [1.82, 2.24) is 0 Å². The molecule has 5 nitrogen and oxygen atoms in total. The van der Waals surface area contributed by atoms with Crippen LogP contribution in [0.3, 0.4) is 0 Å². The molecule has 0 aromatic carbocycles. The Bertz CT molecular complexity index is 205. The van der Waals surface area contributed by atoms with Crippen molar-refractivity contribution < 1.29 is 27.3 Å². The van der Waals surface area contributed by atoms with Crippen LogP contribution >= 0.6 is 0 Å². The minimum absolute atomic E-state index is 2.22. The maximum absolute atomic E-state index is 11.6. The van der Waals surface area contributed by atoms with Gasteiger partial charge in [0, 0.05) is 0 Å². The van der Waals surface area contributed by atoms with Crippen LogP contribution in [0.5, 0.6) is 0 Å². The summed E-state index contributed by atoms with van der Waals surface area (Å²) < 4.78 is 38.4. The van der Waals surface area contributed by atoms with Crippen LogP contribution in [0.25, 0.3) is 0 Å². The molecule has 0 bridgehead atoms. The number of hydrogen-bond acceptors (Lipinski definition) is 3. The Kier molecular flexibility index (Phi) is 2.10. The summed E-state index contributed by atoms with van der Waals surface area (Å²) in [7, 11) is -5.07. The second-order valence-corrected chi connectivity index (χ2v) is 2.61. The van der Waals surface area contributed by atoms with Crippen LogP contribution < -0.4 is 0 Å². The first-order chi connectivity index (χ1) is 3.85. The Labute approximate surface area is 49.9 Å². The van der Waals surface area contributed by atoms with Gasteiger partial charge in [-0.05, 0) is 0 Å². The quantitative estimate of drug-likeness (QED) is 0.516. The first kappa shape index (κ1) is 8.31. The van der Waals surface area contributed by atoms with Gasteiger partial charge in [0.15, 0.2) is 0 Å². The first-order valence-electron chi connectivity index (χ1n) is 1.69. The summed E-state index contributed by atoms with van der Waals surface area (Å²) in [5, 5.41) is 7.60. The lowest BCUT2D eigenvalue weighted by atomic mass is 10.8. The van der Waals surface area contributed by atoms with E-state index in [1.807, 2.05) is 0 Å². The maximum Gasteiger partial charge on any atom is 0.356 e. The molecule has 0 aromatic heterocycles. The topological polar surface area (TPSA) is 91.7 Å². The minimum atomic E-state index is -5.07. The Morgan fingerprint density at radius 1 is 1.56 bits per heavy atom. The van der Waals surface area contributed by atoms with E-state index < -0.39 is 21.6 Å². The summed E-state index contributed by atoms with van der Waals surface area (Å²) in [6.07, 6.45) is 0. The highest BCUT2D eigenvalue weighted by molar-refractivity contribution is 7.87. The highest BCUT2D eigenvalue weighted by atomic mass is 32.2. The normalized spacial score (nSPS) is 14.9. The second kappa shape index (κ2) is 2.28. The van der Waals surface area contributed by atoms with Crippen LogP contribution in [-0.2, 0) is 14.9 Å². The van der Waals surface area contributed by atoms with Crippen molar-refractivity contribution in [2.24, 2.45) is 0 Å². The van der Waals surface area contributed by atoms with Gasteiger partial charge in [0.1, 0.15) is 0 Å². The largest absolute Gasteiger partial charge is 0.478 e. The molecule has 9 heavy (non-hydrogen) atoms. The zero-order chi connectivity index (χ0) is 7.65. The van der Waals surface area contributed by atoms with Gasteiger partial charge in [0.2, 0.25) is 0 Å². The number of carboxylic acids is 1. The molecule has 54 valence electrons. The maximum atomic E-state index is 11.6. The summed E-state index contributed by atoms with van der Waals surface area (Å²) >= 11 is 0. The number of carbonyl (C=O) groups is 1. The average molecular weight is 158 g/mol. The lowest BCUT2D eigenvalue weighted by Gasteiger charge is -1.94. The van der Waals surface area contributed by atoms with E-state index in [2.05, 4.69) is 0 Å². The molecule has 0 radical (unpaired) electrons. The standard InChI is InChI=1S/C2H3FO5S/c3-1(2(4)5)9(6,7)8/h1H,(H,4,5)(H,6,7,8)/t1-/m0/s1. The van der Waals surface area contributed by atoms with Gasteiger partial charge in [-0.15, -0.1) is 0 Å². The fraction of sp³-hybridized carbons (Fsp3) is 0.500. The van der Waals surface area contributed by atoms with Crippen LogP contribution in [0.15, 0.2) is 0 Å². The zero-order valence-corrected chi connectivity index (χ0v) is 4.80. The highest BCUT2D eigenvalue weighted by Gasteiger charge is 2.29. The van der Waals surface area contributed by atoms with E-state index in [1.165, 1.54) is 0 Å². The van der Waals surface area contributed by atoms with E-state index in [0.717, 1.165) is 0 Å². The Hall–Kier alpha value is -0.690. The summed E-state index contributed by atoms with van der Waals surface area (Å²) in [6, 6.07) is 0. The van der Waals surface area contributed by atoms with Crippen molar-refractivity contribution >= 4 is 16.1 Å². The van der Waals surface area contributed by atoms with Crippen molar-refractivity contribution in [2.45, 2.75) is 5.50 Å². The number of aliphatic carboxylic acids is 1. The van der Waals surface area contributed by atoms with Gasteiger partial charge in [-0.2, -0.15) is 8.42 Å². The van der Waals surface area contributed by atoms with Crippen LogP contribution in [0.2, 0.25) is 0 Å². The van der Waals surface area contributed by atoms with Crippen LogP contribution in [0.1, 0.15) is 0 Å². The van der Waals surface area contributed by atoms with Gasteiger partial charge in [0.05, 0.1) is 0 Å². The van der Waals surface area contributed by atoms with Crippen molar-refractivity contribution in [1.29, 1.82) is 0 Å². The van der Waals surface area contributed by atoms with E-state index in [1.54, 1.807) is 0 Å². The van der Waals surface area contributed by atoms with Crippen molar-refractivity contribution in [3.8, 4) is 0 Å². The summed E-state index contributed by atoms with van der Waals surface area (Å²) in [5.74, 6) is -2.22. The summed E-state index contributed by atoms with van der Waals surface area (Å²) in [4.78, 5) is 9.43. The molecule has 0 unspecified atom stereocenters. The average Bonchev–Trinajstić information content (AvgIpc) is 1.62. The van der Waals surface area contributed by atoms with Gasteiger partial charge in [-0.3, -0.25) is 4.55 Å². The Morgan fingerprint density at radius 3 is 1.89 bits per heavy atom. The molecule has 0 saturated carbocycles. The summed E-state index contributed by atoms with van der Waals surface area (Å²) in [5.41, 5.74) is -3.24. The molecule has 0 amide bonds. The van der Waals surface area contributed by atoms with Crippen molar-refractivity contribution in [3.63, 3.8) is 0 Å². The number of carboxylic acid groups (broad SMARTS) is 1. The molecule has 2 N–H and O–H groups in total. The predicted octanol–water partition coefficient (Wildman–Crippen LogP) is -0.746. The molecular formula is C2H3FO5S. The molecule has 0 aliphatic heterocycles. The van der Waals surface area contributed by atoms with Gasteiger partial charge in [-0.25, -0.2) is 9.18 Å². The Morgan fingerprint density at radius 2 is 1.89 bits per heavy atom. The molecule has 0 aliphatic rings. The third-order valence-corrected chi connectivity index (χ3v) is 1.18. The van der Waals surface area contributed by atoms with E-state index in [-0.39, 0.29) is 0 Å². The zero-order valence-electron chi connectivity index (χ0n) is 3.98. The molecule has 7 heteroatoms. The van der Waals surface area contributed by atoms with Gasteiger partial charge in [0.25, 0.3) is 0 Å². The fourth-order valence-corrected chi connectivity index (χ4v) is 0.382. The van der Waals surface area contributed by atoms with E-state index >= 15 is 0 Å². The lowest BCUT2D eigenvalue weighted by Crippen LogP contribution is -2.24. The third-order valence-electron chi connectivity index (χ3n) is 0.456. The Balaban J connectivity index is 4.43. The molecular weight excluding hydrogens is 155 g/mol. The van der Waals surface area contributed by atoms with E-state index in [0.29, 0.717) is 0 Å². The number of halogens is 1. The molecule has 0 aromatic rings. The predicted molar refractivity (Wildman–Crippen MR) is 24.1 cm³/mol. The summed E-state index contributed by atoms with van der Waals surface area (Å²) in [6.45, 7) is 0. The molecule has 0 spiro atoms. The van der Waals surface area contributed by atoms with Gasteiger partial charge < -0.3 is 5.11 Å². The molecule has 1 atom stereocenters. The van der Waals surface area contributed by atoms with Crippen molar-refractivity contribution in [2.75, 3.05) is 0 Å². The monoisotopic (exact) mass is 158 g/mol. The fourth-order valence-electron chi connectivity index (χ4n) is 0.127. The molecule has 0 fully saturated rings. The van der Waals surface area contributed by atoms with Crippen molar-refractivity contribution in [3.05, 3.63) is 0 Å². The highest BCUT2D eigenvalue weighted by Crippen LogP contribution is 1.98. The lowest BCUT2D eigenvalue weighted by molar-refractivity contribution is -0.139. The molecule has 0 aliphatic carbocycles. The smallest absolute Gasteiger partial charge is 0.356 e. The molecule has 0 rings (SSSR count). The van der Waals surface area contributed by atoms with Crippen LogP contribution in [0.4, 0.5) is 4.39 Å². The first-order valence-corrected chi connectivity index (χ1v) is 3.19. The number of alkyl halides is 1. The van der Waals surface area contributed by atoms with Gasteiger partial charge >= 0.3 is 21.6 Å². The van der Waals surface area contributed by atoms with Gasteiger partial charge in [-0.1, -0.05) is 0 Å². The minimum Gasteiger partial charge on any atom is -0.478 e. The number of rotatable bonds is 2. The molecule has 0 heterocycles. The second-order valence-electron chi connectivity index (χ2n) is 1.17. The van der Waals surface area contributed by atoms with Crippen LogP contribution in [0, 0.1) is 0 Å². The van der Waals surface area contributed by atoms with E-state index in [9.17, 15) is 17.6 Å². The number of hydrogen-bond donors (Lipinski definition) is 2. The molecule has 0 saturated heterocycles.